The summed E-state index contributed by atoms with van der Waals surface area (Å²) in [6.45, 7) is 1.86. The fourth-order valence-electron chi connectivity index (χ4n) is 1.57. The first kappa shape index (κ1) is 15.8. The molecule has 0 unspecified atom stereocenters. The van der Waals surface area contributed by atoms with Crippen molar-refractivity contribution in [2.24, 2.45) is 5.10 Å². The van der Waals surface area contributed by atoms with Crippen LogP contribution >= 0.6 is 27.7 Å². The van der Waals surface area contributed by atoms with Gasteiger partial charge in [0.1, 0.15) is 0 Å². The maximum atomic E-state index is 11.9. The van der Waals surface area contributed by atoms with Gasteiger partial charge in [-0.1, -0.05) is 46.3 Å². The van der Waals surface area contributed by atoms with Gasteiger partial charge in [-0.15, -0.1) is 11.8 Å². The molecular weight excluding hydrogens is 348 g/mol. The van der Waals surface area contributed by atoms with Gasteiger partial charge < -0.3 is 0 Å². The molecule has 1 N–H and O–H groups in total. The summed E-state index contributed by atoms with van der Waals surface area (Å²) >= 11 is 4.88. The van der Waals surface area contributed by atoms with E-state index in [-0.39, 0.29) is 11.2 Å². The molecule has 0 heterocycles. The van der Waals surface area contributed by atoms with Crippen molar-refractivity contribution < 1.29 is 4.79 Å². The molecule has 0 saturated carbocycles. The fourth-order valence-corrected chi connectivity index (χ4v) is 2.71. The number of hydrogen-bond acceptors (Lipinski definition) is 3. The van der Waals surface area contributed by atoms with Gasteiger partial charge in [-0.25, -0.2) is 5.43 Å². The molecule has 5 heteroatoms. The molecule has 3 nitrogen and oxygen atoms in total. The van der Waals surface area contributed by atoms with E-state index in [4.69, 9.17) is 0 Å². The molecule has 0 radical (unpaired) electrons. The molecule has 21 heavy (non-hydrogen) atoms. The number of benzene rings is 2. The molecule has 1 atom stereocenters. The highest BCUT2D eigenvalue weighted by molar-refractivity contribution is 9.10. The van der Waals surface area contributed by atoms with E-state index >= 15 is 0 Å². The summed E-state index contributed by atoms with van der Waals surface area (Å²) in [6, 6.07) is 17.5. The standard InChI is InChI=1S/C16H15BrN2OS/c1-12(21-15-5-3-2-4-6-15)16(20)19-18-11-13-7-9-14(17)10-8-13/h2-12H,1H3,(H,19,20)/b18-11-/t12-/m0/s1. The smallest absolute Gasteiger partial charge is 0.253 e. The first-order valence-electron chi connectivity index (χ1n) is 6.45. The van der Waals surface area contributed by atoms with Gasteiger partial charge in [0.25, 0.3) is 5.91 Å². The lowest BCUT2D eigenvalue weighted by Crippen LogP contribution is -2.26. The van der Waals surface area contributed by atoms with Gasteiger partial charge in [-0.2, -0.15) is 5.10 Å². The van der Waals surface area contributed by atoms with E-state index in [1.165, 1.54) is 11.8 Å². The number of rotatable bonds is 5. The second-order valence-corrected chi connectivity index (χ2v) is 6.69. The zero-order valence-electron chi connectivity index (χ0n) is 11.5. The van der Waals surface area contributed by atoms with Crippen molar-refractivity contribution in [1.29, 1.82) is 0 Å². The van der Waals surface area contributed by atoms with Gasteiger partial charge in [-0.3, -0.25) is 4.79 Å². The number of hydrogen-bond donors (Lipinski definition) is 1. The number of halogens is 1. The molecule has 2 aromatic rings. The van der Waals surface area contributed by atoms with E-state index in [2.05, 4.69) is 26.5 Å². The minimum absolute atomic E-state index is 0.114. The van der Waals surface area contributed by atoms with E-state index in [0.717, 1.165) is 14.9 Å². The number of carbonyl (C=O) groups is 1. The van der Waals surface area contributed by atoms with Crippen molar-refractivity contribution in [1.82, 2.24) is 5.43 Å². The first-order chi connectivity index (χ1) is 10.1. The predicted octanol–water partition coefficient (Wildman–Crippen LogP) is 4.08. The third kappa shape index (κ3) is 5.36. The summed E-state index contributed by atoms with van der Waals surface area (Å²) in [5, 5.41) is 3.78. The molecule has 0 aliphatic heterocycles. The SMILES string of the molecule is C[C@H](Sc1ccccc1)C(=O)N/N=C\c1ccc(Br)cc1. The van der Waals surface area contributed by atoms with Crippen molar-refractivity contribution in [3.8, 4) is 0 Å². The molecule has 108 valence electrons. The van der Waals surface area contributed by atoms with Crippen LogP contribution in [-0.4, -0.2) is 17.4 Å². The summed E-state index contributed by atoms with van der Waals surface area (Å²) in [4.78, 5) is 13.0. The summed E-state index contributed by atoms with van der Waals surface area (Å²) in [5.41, 5.74) is 3.50. The topological polar surface area (TPSA) is 41.5 Å². The molecule has 0 fully saturated rings. The van der Waals surface area contributed by atoms with Gasteiger partial charge >= 0.3 is 0 Å². The number of amides is 1. The maximum absolute atomic E-state index is 11.9. The van der Waals surface area contributed by atoms with Crippen LogP contribution in [0.5, 0.6) is 0 Å². The van der Waals surface area contributed by atoms with Crippen LogP contribution in [0, 0.1) is 0 Å². The Kier molecular flexibility index (Phi) is 6.02. The number of hydrazone groups is 1. The Hall–Kier alpha value is -1.59. The Balaban J connectivity index is 1.85. The van der Waals surface area contributed by atoms with E-state index in [1.54, 1.807) is 6.21 Å². The zero-order valence-corrected chi connectivity index (χ0v) is 13.9. The maximum Gasteiger partial charge on any atom is 0.253 e. The summed E-state index contributed by atoms with van der Waals surface area (Å²) in [5.74, 6) is -0.114. The third-order valence-corrected chi connectivity index (χ3v) is 4.32. The van der Waals surface area contributed by atoms with Crippen LogP contribution in [0.15, 0.2) is 69.1 Å². The molecule has 1 amide bonds. The summed E-state index contributed by atoms with van der Waals surface area (Å²) in [6.07, 6.45) is 1.63. The first-order valence-corrected chi connectivity index (χ1v) is 8.12. The number of carbonyl (C=O) groups excluding carboxylic acids is 1. The molecule has 0 aromatic heterocycles. The van der Waals surface area contributed by atoms with Gasteiger partial charge in [0.05, 0.1) is 11.5 Å². The van der Waals surface area contributed by atoms with E-state index in [1.807, 2.05) is 61.5 Å². The van der Waals surface area contributed by atoms with Crippen LogP contribution < -0.4 is 5.43 Å². The fraction of sp³-hybridized carbons (Fsp3) is 0.125. The number of thioether (sulfide) groups is 1. The lowest BCUT2D eigenvalue weighted by Gasteiger charge is -2.08. The monoisotopic (exact) mass is 362 g/mol. The average Bonchev–Trinajstić information content (AvgIpc) is 2.50. The Morgan fingerprint density at radius 1 is 1.19 bits per heavy atom. The lowest BCUT2D eigenvalue weighted by molar-refractivity contribution is -0.120. The Bertz CT molecular complexity index is 614. The van der Waals surface area contributed by atoms with Crippen LogP contribution in [0.1, 0.15) is 12.5 Å². The van der Waals surface area contributed by atoms with Crippen LogP contribution in [0.25, 0.3) is 0 Å². The lowest BCUT2D eigenvalue weighted by atomic mass is 10.2. The summed E-state index contributed by atoms with van der Waals surface area (Å²) in [7, 11) is 0. The van der Waals surface area contributed by atoms with E-state index in [9.17, 15) is 4.79 Å². The molecule has 0 aliphatic carbocycles. The predicted molar refractivity (Wildman–Crippen MR) is 91.6 cm³/mol. The highest BCUT2D eigenvalue weighted by Crippen LogP contribution is 2.22. The van der Waals surface area contributed by atoms with Gasteiger partial charge in [0.2, 0.25) is 0 Å². The van der Waals surface area contributed by atoms with Crippen molar-refractivity contribution >= 4 is 39.8 Å². The third-order valence-electron chi connectivity index (χ3n) is 2.68. The highest BCUT2D eigenvalue weighted by Gasteiger charge is 2.13. The van der Waals surface area contributed by atoms with Gasteiger partial charge in [-0.05, 0) is 36.8 Å². The number of nitrogens with one attached hydrogen (secondary N) is 1. The van der Waals surface area contributed by atoms with Crippen LogP contribution in [-0.2, 0) is 4.79 Å². The molecule has 0 saturated heterocycles. The van der Waals surface area contributed by atoms with E-state index in [0.29, 0.717) is 0 Å². The molecular formula is C16H15BrN2OS. The minimum Gasteiger partial charge on any atom is -0.272 e. The normalized spacial score (nSPS) is 12.3. The van der Waals surface area contributed by atoms with Gasteiger partial charge in [0, 0.05) is 9.37 Å². The zero-order chi connectivity index (χ0) is 15.1. The summed E-state index contributed by atoms with van der Waals surface area (Å²) < 4.78 is 1.01. The Labute approximate surface area is 137 Å². The minimum atomic E-state index is -0.200. The van der Waals surface area contributed by atoms with E-state index < -0.39 is 0 Å². The molecule has 0 bridgehead atoms. The van der Waals surface area contributed by atoms with Crippen LogP contribution in [0.2, 0.25) is 0 Å². The van der Waals surface area contributed by atoms with Gasteiger partial charge in [0.15, 0.2) is 0 Å². The van der Waals surface area contributed by atoms with Crippen LogP contribution in [0.4, 0.5) is 0 Å². The molecule has 2 rings (SSSR count). The second kappa shape index (κ2) is 8.00. The Morgan fingerprint density at radius 2 is 1.86 bits per heavy atom. The second-order valence-electron chi connectivity index (χ2n) is 4.36. The van der Waals surface area contributed by atoms with Crippen molar-refractivity contribution in [3.05, 3.63) is 64.6 Å². The highest BCUT2D eigenvalue weighted by atomic mass is 79.9. The molecule has 0 spiro atoms. The molecule has 2 aromatic carbocycles. The largest absolute Gasteiger partial charge is 0.272 e. The van der Waals surface area contributed by atoms with Crippen molar-refractivity contribution in [2.75, 3.05) is 0 Å². The van der Waals surface area contributed by atoms with Crippen LogP contribution in [0.3, 0.4) is 0 Å². The van der Waals surface area contributed by atoms with Crippen molar-refractivity contribution in [3.63, 3.8) is 0 Å². The van der Waals surface area contributed by atoms with Crippen molar-refractivity contribution in [2.45, 2.75) is 17.1 Å². The number of nitrogens with zero attached hydrogens (tertiary/aromatic N) is 1. The Morgan fingerprint density at radius 3 is 2.52 bits per heavy atom. The quantitative estimate of drug-likeness (QED) is 0.494. The molecule has 0 aliphatic rings. The average molecular weight is 363 g/mol.